The molecule has 0 aromatic carbocycles. The highest BCUT2D eigenvalue weighted by atomic mass is 31.2. The molecule has 0 aromatic rings. The molecule has 3 aliphatic carbocycles. The van der Waals surface area contributed by atoms with Gasteiger partial charge in [0.1, 0.15) is 17.4 Å². The van der Waals surface area contributed by atoms with Crippen molar-refractivity contribution in [3.8, 4) is 0 Å². The first kappa shape index (κ1) is 32.4. The first-order valence-electron chi connectivity index (χ1n) is 16.4. The van der Waals surface area contributed by atoms with Crippen molar-refractivity contribution < 1.29 is 37.8 Å². The van der Waals surface area contributed by atoms with Crippen molar-refractivity contribution in [2.45, 2.75) is 122 Å². The number of nitrogens with zero attached hydrogens (tertiary/aromatic N) is 3. The summed E-state index contributed by atoms with van der Waals surface area (Å²) in [6.45, 7) is 13.0. The SMILES string of the molecule is CC(C)(C)OC(=O)N1C[C@H](NC(=O)CCCN2C(=O)C=CC2=O)C[C@H]1C(=O)N1CCC[C@H]1P1OC2C3CC(CC2(C)O1)C3(C)C. The van der Waals surface area contributed by atoms with E-state index in [4.69, 9.17) is 13.8 Å². The Morgan fingerprint density at radius 2 is 1.80 bits per heavy atom. The average Bonchev–Trinajstić information content (AvgIpc) is 3.73. The summed E-state index contributed by atoms with van der Waals surface area (Å²) >= 11 is 0. The van der Waals surface area contributed by atoms with Crippen molar-refractivity contribution in [3.63, 3.8) is 0 Å². The van der Waals surface area contributed by atoms with Gasteiger partial charge in [-0.15, -0.1) is 0 Å². The molecule has 5 amide bonds. The quantitative estimate of drug-likeness (QED) is 0.327. The molecule has 5 unspecified atom stereocenters. The monoisotopic (exact) mass is 646 g/mol. The van der Waals surface area contributed by atoms with Crippen molar-refractivity contribution in [2.24, 2.45) is 17.3 Å². The van der Waals surface area contributed by atoms with Crippen LogP contribution >= 0.6 is 8.38 Å². The molecule has 8 atom stereocenters. The maximum Gasteiger partial charge on any atom is 0.411 e. The highest BCUT2D eigenvalue weighted by Gasteiger charge is 2.67. The van der Waals surface area contributed by atoms with Crippen molar-refractivity contribution in [1.82, 2.24) is 20.0 Å². The molecule has 0 aromatic heterocycles. The second kappa shape index (κ2) is 11.6. The molecule has 6 fully saturated rings. The Labute approximate surface area is 266 Å². The average molecular weight is 647 g/mol. The molecule has 4 aliphatic heterocycles. The van der Waals surface area contributed by atoms with E-state index in [2.05, 4.69) is 26.1 Å². The number of imide groups is 1. The van der Waals surface area contributed by atoms with Gasteiger partial charge in [0.25, 0.3) is 11.8 Å². The lowest BCUT2D eigenvalue weighted by molar-refractivity contribution is -0.185. The molecule has 2 bridgehead atoms. The van der Waals surface area contributed by atoms with E-state index < -0.39 is 32.2 Å². The van der Waals surface area contributed by atoms with Gasteiger partial charge in [0, 0.05) is 44.2 Å². The third kappa shape index (κ3) is 6.02. The van der Waals surface area contributed by atoms with Crippen molar-refractivity contribution in [2.75, 3.05) is 19.6 Å². The molecule has 248 valence electrons. The largest absolute Gasteiger partial charge is 0.444 e. The molecule has 0 spiro atoms. The number of hydrogen-bond donors (Lipinski definition) is 1. The number of hydrogen-bond acceptors (Lipinski definition) is 8. The van der Waals surface area contributed by atoms with Crippen molar-refractivity contribution >= 4 is 38.1 Å². The fraction of sp³-hybridized carbons (Fsp3) is 0.781. The number of nitrogens with one attached hydrogen (secondary N) is 1. The maximum atomic E-state index is 14.3. The van der Waals surface area contributed by atoms with Gasteiger partial charge in [-0.3, -0.25) is 29.0 Å². The third-order valence-corrected chi connectivity index (χ3v) is 12.7. The standard InChI is InChI=1S/C32H47N4O8P/c1-30(2,3)42-29(41)36-18-20(33-23(37)9-7-13-34-24(38)11-12-25(34)39)16-22(36)28(40)35-14-8-10-26(35)45-43-27-21-15-19(31(21,4)5)17-32(27,6)44-45/h11-12,19-22,26-27H,7-10,13-18H2,1-6H3,(H,33,37)/t19?,20-,21?,22+,26-,27?,32?,45?/m1/s1. The number of carbonyl (C=O) groups excluding carboxylic acids is 5. The van der Waals surface area contributed by atoms with Gasteiger partial charge in [-0.1, -0.05) is 13.8 Å². The Morgan fingerprint density at radius 1 is 1.09 bits per heavy atom. The Bertz CT molecular complexity index is 1280. The second-order valence-electron chi connectivity index (χ2n) is 15.3. The summed E-state index contributed by atoms with van der Waals surface area (Å²) in [4.78, 5) is 68.5. The van der Waals surface area contributed by atoms with Gasteiger partial charge < -0.3 is 24.0 Å². The van der Waals surface area contributed by atoms with E-state index in [1.807, 2.05) is 4.90 Å². The number of likely N-dealkylation sites (tertiary alicyclic amines) is 2. The van der Waals surface area contributed by atoms with E-state index >= 15 is 0 Å². The smallest absolute Gasteiger partial charge is 0.411 e. The fourth-order valence-corrected chi connectivity index (χ4v) is 10.5. The van der Waals surface area contributed by atoms with E-state index in [-0.39, 0.29) is 72.5 Å². The molecule has 3 saturated heterocycles. The van der Waals surface area contributed by atoms with Crippen LogP contribution in [0.25, 0.3) is 0 Å². The van der Waals surface area contributed by atoms with Crippen LogP contribution in [-0.2, 0) is 33.0 Å². The Hall–Kier alpha value is -2.56. The van der Waals surface area contributed by atoms with Crippen LogP contribution in [0.15, 0.2) is 12.2 Å². The number of amides is 5. The zero-order valence-electron chi connectivity index (χ0n) is 27.2. The summed E-state index contributed by atoms with van der Waals surface area (Å²) in [5.74, 6) is -0.305. The minimum atomic E-state index is -1.32. The first-order chi connectivity index (χ1) is 21.1. The summed E-state index contributed by atoms with van der Waals surface area (Å²) in [6.07, 6.45) is 6.31. The minimum absolute atomic E-state index is 0.0310. The van der Waals surface area contributed by atoms with E-state index in [1.54, 1.807) is 20.8 Å². The lowest BCUT2D eigenvalue weighted by Crippen LogP contribution is -2.63. The van der Waals surface area contributed by atoms with Crippen LogP contribution in [0.4, 0.5) is 4.79 Å². The molecule has 12 nitrogen and oxygen atoms in total. The fourth-order valence-electron chi connectivity index (χ4n) is 8.15. The molecule has 7 aliphatic rings. The second-order valence-corrected chi connectivity index (χ2v) is 16.9. The third-order valence-electron chi connectivity index (χ3n) is 10.7. The number of ether oxygens (including phenoxy) is 1. The van der Waals surface area contributed by atoms with Crippen LogP contribution in [0.5, 0.6) is 0 Å². The van der Waals surface area contributed by atoms with Crippen LogP contribution in [0, 0.1) is 17.3 Å². The summed E-state index contributed by atoms with van der Waals surface area (Å²) in [5.41, 5.74) is -0.846. The molecular weight excluding hydrogens is 599 g/mol. The predicted molar refractivity (Wildman–Crippen MR) is 164 cm³/mol. The van der Waals surface area contributed by atoms with Gasteiger partial charge in [-0.25, -0.2) is 4.79 Å². The van der Waals surface area contributed by atoms with Crippen LogP contribution in [-0.4, -0.2) is 99.2 Å². The summed E-state index contributed by atoms with van der Waals surface area (Å²) < 4.78 is 19.1. The van der Waals surface area contributed by atoms with E-state index in [9.17, 15) is 24.0 Å². The van der Waals surface area contributed by atoms with Gasteiger partial charge in [-0.2, -0.15) is 0 Å². The summed E-state index contributed by atoms with van der Waals surface area (Å²) in [5, 5.41) is 2.96. The molecule has 13 heteroatoms. The van der Waals surface area contributed by atoms with Crippen molar-refractivity contribution in [1.29, 1.82) is 0 Å². The van der Waals surface area contributed by atoms with E-state index in [0.29, 0.717) is 24.8 Å². The van der Waals surface area contributed by atoms with Gasteiger partial charge in [0.2, 0.25) is 11.8 Å². The molecule has 4 heterocycles. The van der Waals surface area contributed by atoms with Crippen LogP contribution in [0.1, 0.15) is 86.5 Å². The summed E-state index contributed by atoms with van der Waals surface area (Å²) in [6, 6.07) is -1.24. The molecule has 3 saturated carbocycles. The minimum Gasteiger partial charge on any atom is -0.444 e. The predicted octanol–water partition coefficient (Wildman–Crippen LogP) is 3.69. The van der Waals surface area contributed by atoms with Gasteiger partial charge in [-0.05, 0) is 83.5 Å². The first-order valence-corrected chi connectivity index (χ1v) is 17.6. The maximum absolute atomic E-state index is 14.3. The molecular formula is C32H47N4O8P. The molecule has 0 radical (unpaired) electrons. The highest BCUT2D eigenvalue weighted by Crippen LogP contribution is 2.71. The molecule has 1 N–H and O–H groups in total. The van der Waals surface area contributed by atoms with Crippen LogP contribution < -0.4 is 5.32 Å². The zero-order chi connectivity index (χ0) is 32.5. The lowest BCUT2D eigenvalue weighted by atomic mass is 9.45. The summed E-state index contributed by atoms with van der Waals surface area (Å²) in [7, 11) is -1.32. The van der Waals surface area contributed by atoms with Gasteiger partial charge in [0.15, 0.2) is 8.38 Å². The van der Waals surface area contributed by atoms with Gasteiger partial charge >= 0.3 is 6.09 Å². The zero-order valence-corrected chi connectivity index (χ0v) is 28.1. The normalized spacial score (nSPS) is 36.8. The van der Waals surface area contributed by atoms with Crippen LogP contribution in [0.2, 0.25) is 0 Å². The van der Waals surface area contributed by atoms with Crippen molar-refractivity contribution in [3.05, 3.63) is 12.2 Å². The Balaban J connectivity index is 1.11. The Morgan fingerprint density at radius 3 is 2.47 bits per heavy atom. The number of carbonyl (C=O) groups is 5. The van der Waals surface area contributed by atoms with Crippen LogP contribution in [0.3, 0.4) is 0 Å². The highest BCUT2D eigenvalue weighted by molar-refractivity contribution is 7.48. The van der Waals surface area contributed by atoms with Gasteiger partial charge in [0.05, 0.1) is 11.7 Å². The van der Waals surface area contributed by atoms with E-state index in [1.165, 1.54) is 23.5 Å². The molecule has 45 heavy (non-hydrogen) atoms. The number of rotatable bonds is 7. The lowest BCUT2D eigenvalue weighted by Gasteiger charge is -2.62. The van der Waals surface area contributed by atoms with E-state index in [0.717, 1.165) is 24.2 Å². The Kier molecular flexibility index (Phi) is 8.35. The molecule has 7 rings (SSSR count). The topological polar surface area (TPSA) is 135 Å².